The van der Waals surface area contributed by atoms with Crippen molar-refractivity contribution in [1.82, 2.24) is 5.32 Å². The van der Waals surface area contributed by atoms with Gasteiger partial charge in [0.05, 0.1) is 32.3 Å². The van der Waals surface area contributed by atoms with Crippen LogP contribution in [0, 0.1) is 5.92 Å². The van der Waals surface area contributed by atoms with Crippen LogP contribution in [0.2, 0.25) is 0 Å². The van der Waals surface area contributed by atoms with E-state index in [0.29, 0.717) is 19.7 Å². The summed E-state index contributed by atoms with van der Waals surface area (Å²) in [6, 6.07) is 7.45. The van der Waals surface area contributed by atoms with Crippen LogP contribution in [0.4, 0.5) is 5.69 Å². The van der Waals surface area contributed by atoms with Crippen molar-refractivity contribution in [3.8, 4) is 5.75 Å². The molecular weight excluding hydrogens is 346 g/mol. The summed E-state index contributed by atoms with van der Waals surface area (Å²) in [4.78, 5) is 28.0. The lowest BCUT2D eigenvalue weighted by Gasteiger charge is -2.23. The fraction of sp³-hybridized carbons (Fsp3) is 0.600. The number of nitrogens with zero attached hydrogens (tertiary/aromatic N) is 1. The Morgan fingerprint density at radius 1 is 1.30 bits per heavy atom. The molecule has 2 saturated heterocycles. The third-order valence-corrected chi connectivity index (χ3v) is 5.16. The number of rotatable bonds is 8. The van der Waals surface area contributed by atoms with Gasteiger partial charge in [-0.3, -0.25) is 9.59 Å². The molecule has 27 heavy (non-hydrogen) atoms. The fourth-order valence-electron chi connectivity index (χ4n) is 3.63. The van der Waals surface area contributed by atoms with Crippen LogP contribution in [0.15, 0.2) is 24.3 Å². The lowest BCUT2D eigenvalue weighted by molar-refractivity contribution is -0.908. The molecule has 1 aromatic rings. The zero-order valence-electron chi connectivity index (χ0n) is 16.0. The third-order valence-electron chi connectivity index (χ3n) is 5.16. The molecule has 7 heteroatoms. The van der Waals surface area contributed by atoms with Gasteiger partial charge in [0.2, 0.25) is 11.8 Å². The van der Waals surface area contributed by atoms with E-state index in [1.807, 2.05) is 31.2 Å². The Bertz CT molecular complexity index is 629. The zero-order valence-corrected chi connectivity index (χ0v) is 16.0. The number of carbonyl (C=O) groups excluding carboxylic acids is 2. The van der Waals surface area contributed by atoms with Crippen LogP contribution in [0.5, 0.6) is 5.75 Å². The number of ether oxygens (including phenoxy) is 2. The highest BCUT2D eigenvalue weighted by atomic mass is 16.5. The van der Waals surface area contributed by atoms with Crippen LogP contribution < -0.4 is 19.9 Å². The zero-order chi connectivity index (χ0) is 19.1. The van der Waals surface area contributed by atoms with Crippen LogP contribution >= 0.6 is 0 Å². The van der Waals surface area contributed by atoms with Gasteiger partial charge in [0.15, 0.2) is 0 Å². The summed E-state index contributed by atoms with van der Waals surface area (Å²) in [5.41, 5.74) is 0.815. The van der Waals surface area contributed by atoms with Gasteiger partial charge in [0.1, 0.15) is 18.8 Å². The van der Waals surface area contributed by atoms with Crippen molar-refractivity contribution in [3.63, 3.8) is 0 Å². The molecular formula is C20H30N3O4+. The highest BCUT2D eigenvalue weighted by Gasteiger charge is 2.35. The lowest BCUT2D eigenvalue weighted by atomic mass is 10.1. The third kappa shape index (κ3) is 5.43. The first-order valence-corrected chi connectivity index (χ1v) is 9.89. The molecule has 7 nitrogen and oxygen atoms in total. The normalized spacial score (nSPS) is 20.7. The maximum absolute atomic E-state index is 12.4. The van der Waals surface area contributed by atoms with Crippen LogP contribution in [0.3, 0.4) is 0 Å². The Labute approximate surface area is 160 Å². The monoisotopic (exact) mass is 376 g/mol. The number of nitrogens with one attached hydrogen (secondary N) is 2. The van der Waals surface area contributed by atoms with E-state index in [0.717, 1.165) is 50.7 Å². The first-order chi connectivity index (χ1) is 13.2. The number of benzene rings is 1. The maximum atomic E-state index is 12.4. The molecule has 0 saturated carbocycles. The Morgan fingerprint density at radius 2 is 2.04 bits per heavy atom. The molecule has 1 aromatic carbocycles. The smallest absolute Gasteiger partial charge is 0.227 e. The molecule has 0 bridgehead atoms. The number of carbonyl (C=O) groups is 2. The number of morpholine rings is 1. The number of amides is 2. The van der Waals surface area contributed by atoms with E-state index in [-0.39, 0.29) is 24.2 Å². The first kappa shape index (κ1) is 19.6. The van der Waals surface area contributed by atoms with E-state index in [4.69, 9.17) is 9.47 Å². The average molecular weight is 376 g/mol. The van der Waals surface area contributed by atoms with Crippen molar-refractivity contribution >= 4 is 17.5 Å². The minimum atomic E-state index is -0.278. The molecule has 1 atom stereocenters. The highest BCUT2D eigenvalue weighted by molar-refractivity contribution is 6.00. The molecule has 2 aliphatic heterocycles. The van der Waals surface area contributed by atoms with Crippen LogP contribution in [0.25, 0.3) is 0 Å². The van der Waals surface area contributed by atoms with Crippen molar-refractivity contribution in [2.45, 2.75) is 19.8 Å². The van der Waals surface area contributed by atoms with Gasteiger partial charge in [0, 0.05) is 31.6 Å². The van der Waals surface area contributed by atoms with Crippen molar-refractivity contribution in [3.05, 3.63) is 24.3 Å². The Morgan fingerprint density at radius 3 is 2.74 bits per heavy atom. The molecule has 0 radical (unpaired) electrons. The summed E-state index contributed by atoms with van der Waals surface area (Å²) in [5.74, 6) is 0.482. The average Bonchev–Trinajstić information content (AvgIpc) is 3.09. The van der Waals surface area contributed by atoms with Gasteiger partial charge in [-0.1, -0.05) is 0 Å². The quantitative estimate of drug-likeness (QED) is 0.620. The van der Waals surface area contributed by atoms with Crippen molar-refractivity contribution < 1.29 is 24.0 Å². The number of quaternary nitrogens is 1. The van der Waals surface area contributed by atoms with E-state index < -0.39 is 0 Å². The second-order valence-electron chi connectivity index (χ2n) is 7.09. The van der Waals surface area contributed by atoms with Gasteiger partial charge in [0.25, 0.3) is 0 Å². The summed E-state index contributed by atoms with van der Waals surface area (Å²) < 4.78 is 10.8. The second-order valence-corrected chi connectivity index (χ2v) is 7.09. The topological polar surface area (TPSA) is 72.3 Å². The van der Waals surface area contributed by atoms with Gasteiger partial charge >= 0.3 is 0 Å². The molecule has 2 fully saturated rings. The number of hydrogen-bond donors (Lipinski definition) is 2. The minimum Gasteiger partial charge on any atom is -0.494 e. The predicted octanol–water partition coefficient (Wildman–Crippen LogP) is -0.140. The van der Waals surface area contributed by atoms with Crippen LogP contribution in [0.1, 0.15) is 19.8 Å². The largest absolute Gasteiger partial charge is 0.494 e. The van der Waals surface area contributed by atoms with Gasteiger partial charge in [-0.15, -0.1) is 0 Å². The van der Waals surface area contributed by atoms with E-state index >= 15 is 0 Å². The second kappa shape index (κ2) is 9.71. The lowest BCUT2D eigenvalue weighted by Crippen LogP contribution is -3.14. The Hall–Kier alpha value is -2.12. The van der Waals surface area contributed by atoms with E-state index in [1.165, 1.54) is 4.90 Å². The predicted molar refractivity (Wildman–Crippen MR) is 102 cm³/mol. The molecule has 2 aliphatic rings. The number of hydrogen-bond acceptors (Lipinski definition) is 4. The maximum Gasteiger partial charge on any atom is 0.227 e. The molecule has 2 heterocycles. The highest BCUT2D eigenvalue weighted by Crippen LogP contribution is 2.27. The summed E-state index contributed by atoms with van der Waals surface area (Å²) in [5, 5.41) is 3.00. The molecule has 3 rings (SSSR count). The van der Waals surface area contributed by atoms with Crippen molar-refractivity contribution in [1.29, 1.82) is 0 Å². The minimum absolute atomic E-state index is 0.00271. The molecule has 0 aliphatic carbocycles. The van der Waals surface area contributed by atoms with Crippen molar-refractivity contribution in [2.24, 2.45) is 5.92 Å². The van der Waals surface area contributed by atoms with Gasteiger partial charge in [-0.05, 0) is 31.2 Å². The van der Waals surface area contributed by atoms with Crippen LogP contribution in [-0.4, -0.2) is 64.4 Å². The molecule has 148 valence electrons. The SMILES string of the molecule is CCOc1ccc(N2C[C@H](C(=O)NCCC[NH+]3CCOCC3)CC2=O)cc1. The van der Waals surface area contributed by atoms with E-state index in [2.05, 4.69) is 5.32 Å². The van der Waals surface area contributed by atoms with Crippen LogP contribution in [-0.2, 0) is 14.3 Å². The van der Waals surface area contributed by atoms with Gasteiger partial charge in [-0.25, -0.2) is 0 Å². The Kier molecular flexibility index (Phi) is 7.06. The standard InChI is InChI=1S/C20H29N3O4/c1-2-27-18-6-4-17(5-7-18)23-15-16(14-19(23)24)20(25)21-8-3-9-22-10-12-26-13-11-22/h4-7,16H,2-3,8-15H2,1H3,(H,21,25)/p+1/t16-/m1/s1. The molecule has 2 N–H and O–H groups in total. The first-order valence-electron chi connectivity index (χ1n) is 9.89. The van der Waals surface area contributed by atoms with E-state index in [1.54, 1.807) is 4.90 Å². The molecule has 0 spiro atoms. The summed E-state index contributed by atoms with van der Waals surface area (Å²) >= 11 is 0. The molecule has 2 amide bonds. The fourth-order valence-corrected chi connectivity index (χ4v) is 3.63. The van der Waals surface area contributed by atoms with Gasteiger partial charge in [-0.2, -0.15) is 0 Å². The summed E-state index contributed by atoms with van der Waals surface area (Å²) in [6.45, 7) is 8.43. The van der Waals surface area contributed by atoms with E-state index in [9.17, 15) is 9.59 Å². The number of anilines is 1. The molecule has 0 unspecified atom stereocenters. The summed E-state index contributed by atoms with van der Waals surface area (Å²) in [7, 11) is 0. The summed E-state index contributed by atoms with van der Waals surface area (Å²) in [6.07, 6.45) is 1.22. The molecule has 0 aromatic heterocycles. The van der Waals surface area contributed by atoms with Gasteiger partial charge < -0.3 is 24.6 Å². The Balaban J connectivity index is 1.42. The van der Waals surface area contributed by atoms with Crippen molar-refractivity contribution in [2.75, 3.05) is 57.4 Å².